The fourth-order valence-electron chi connectivity index (χ4n) is 2.85. The molecule has 0 bridgehead atoms. The van der Waals surface area contributed by atoms with Crippen molar-refractivity contribution in [3.05, 3.63) is 52.8 Å². The number of rotatable bonds is 5. The molecule has 0 amide bonds. The fraction of sp³-hybridized carbons (Fsp3) is 0.353. The molecular formula is C17H19N3O3. The summed E-state index contributed by atoms with van der Waals surface area (Å²) in [7, 11) is 0. The van der Waals surface area contributed by atoms with Crippen LogP contribution in [0.5, 0.6) is 5.75 Å². The standard InChI is InChI=1S/C17H19N3O3/c1-12(17-6-3-7-19-17)23-16-9-14(10-18-11-16)13-4-2-5-15(8-13)20(21)22/h2,4-5,8-12,17,19H,3,6-7H2,1H3/t12?,17-/m0/s1. The summed E-state index contributed by atoms with van der Waals surface area (Å²) in [5.41, 5.74) is 1.62. The van der Waals surface area contributed by atoms with E-state index in [-0.39, 0.29) is 11.8 Å². The lowest BCUT2D eigenvalue weighted by Crippen LogP contribution is -2.36. The van der Waals surface area contributed by atoms with Gasteiger partial charge in [-0.2, -0.15) is 0 Å². The van der Waals surface area contributed by atoms with Crippen molar-refractivity contribution in [1.82, 2.24) is 10.3 Å². The molecule has 2 aromatic rings. The van der Waals surface area contributed by atoms with Crippen molar-refractivity contribution in [3.8, 4) is 16.9 Å². The van der Waals surface area contributed by atoms with Gasteiger partial charge in [0.2, 0.25) is 0 Å². The number of aromatic nitrogens is 1. The zero-order chi connectivity index (χ0) is 16.2. The van der Waals surface area contributed by atoms with Gasteiger partial charge in [0.05, 0.1) is 11.1 Å². The third-order valence-electron chi connectivity index (χ3n) is 4.09. The summed E-state index contributed by atoms with van der Waals surface area (Å²) in [4.78, 5) is 14.7. The third kappa shape index (κ3) is 3.65. The van der Waals surface area contributed by atoms with E-state index in [0.29, 0.717) is 11.8 Å². The molecule has 6 nitrogen and oxygen atoms in total. The lowest BCUT2D eigenvalue weighted by molar-refractivity contribution is -0.384. The fourth-order valence-corrected chi connectivity index (χ4v) is 2.85. The summed E-state index contributed by atoms with van der Waals surface area (Å²) in [5, 5.41) is 14.3. The quantitative estimate of drug-likeness (QED) is 0.677. The maximum absolute atomic E-state index is 10.9. The number of nitrogens with zero attached hydrogens (tertiary/aromatic N) is 2. The smallest absolute Gasteiger partial charge is 0.270 e. The average Bonchev–Trinajstić information content (AvgIpc) is 3.10. The first-order valence-electron chi connectivity index (χ1n) is 7.73. The number of hydrogen-bond donors (Lipinski definition) is 1. The van der Waals surface area contributed by atoms with Crippen LogP contribution >= 0.6 is 0 Å². The lowest BCUT2D eigenvalue weighted by Gasteiger charge is -2.21. The average molecular weight is 313 g/mol. The molecule has 0 aliphatic carbocycles. The van der Waals surface area contributed by atoms with Crippen LogP contribution in [0.3, 0.4) is 0 Å². The predicted octanol–water partition coefficient (Wildman–Crippen LogP) is 3.18. The number of non-ortho nitro benzene ring substituents is 1. The Balaban J connectivity index is 1.79. The topological polar surface area (TPSA) is 77.3 Å². The van der Waals surface area contributed by atoms with E-state index in [1.165, 1.54) is 12.5 Å². The zero-order valence-electron chi connectivity index (χ0n) is 12.9. The highest BCUT2D eigenvalue weighted by molar-refractivity contribution is 5.66. The number of benzene rings is 1. The lowest BCUT2D eigenvalue weighted by atomic mass is 10.1. The van der Waals surface area contributed by atoms with Crippen LogP contribution in [-0.4, -0.2) is 28.6 Å². The Labute approximate surface area is 134 Å². The van der Waals surface area contributed by atoms with Crippen molar-refractivity contribution >= 4 is 5.69 Å². The van der Waals surface area contributed by atoms with Crippen molar-refractivity contribution in [3.63, 3.8) is 0 Å². The van der Waals surface area contributed by atoms with E-state index in [0.717, 1.165) is 24.1 Å². The number of ether oxygens (including phenoxy) is 1. The van der Waals surface area contributed by atoms with Crippen LogP contribution in [-0.2, 0) is 0 Å². The van der Waals surface area contributed by atoms with Crippen LogP contribution in [0.15, 0.2) is 42.7 Å². The van der Waals surface area contributed by atoms with Gasteiger partial charge in [0.1, 0.15) is 11.9 Å². The van der Waals surface area contributed by atoms with Crippen LogP contribution in [0.1, 0.15) is 19.8 Å². The first-order valence-corrected chi connectivity index (χ1v) is 7.73. The summed E-state index contributed by atoms with van der Waals surface area (Å²) in [6.45, 7) is 3.08. The number of hydrogen-bond acceptors (Lipinski definition) is 5. The monoisotopic (exact) mass is 313 g/mol. The van der Waals surface area contributed by atoms with Gasteiger partial charge in [-0.15, -0.1) is 0 Å². The van der Waals surface area contributed by atoms with Crippen LogP contribution in [0.4, 0.5) is 5.69 Å². The molecule has 1 aromatic carbocycles. The molecular weight excluding hydrogens is 294 g/mol. The van der Waals surface area contributed by atoms with Gasteiger partial charge in [-0.1, -0.05) is 12.1 Å². The Morgan fingerprint density at radius 2 is 2.22 bits per heavy atom. The molecule has 2 heterocycles. The molecule has 3 rings (SSSR count). The van der Waals surface area contributed by atoms with Crippen molar-refractivity contribution in [2.45, 2.75) is 31.9 Å². The van der Waals surface area contributed by atoms with Gasteiger partial charge >= 0.3 is 0 Å². The minimum absolute atomic E-state index is 0.0552. The number of nitro groups is 1. The molecule has 1 aliphatic heterocycles. The number of nitro benzene ring substituents is 1. The molecule has 1 aromatic heterocycles. The first kappa shape index (κ1) is 15.4. The van der Waals surface area contributed by atoms with E-state index >= 15 is 0 Å². The Morgan fingerprint density at radius 3 is 2.96 bits per heavy atom. The maximum Gasteiger partial charge on any atom is 0.270 e. The molecule has 6 heteroatoms. The molecule has 1 fully saturated rings. The number of nitrogens with one attached hydrogen (secondary N) is 1. The van der Waals surface area contributed by atoms with E-state index in [4.69, 9.17) is 4.74 Å². The molecule has 2 atom stereocenters. The van der Waals surface area contributed by atoms with Crippen molar-refractivity contribution < 1.29 is 9.66 Å². The van der Waals surface area contributed by atoms with E-state index in [2.05, 4.69) is 10.3 Å². The summed E-state index contributed by atoms with van der Waals surface area (Å²) in [6.07, 6.45) is 5.69. The minimum atomic E-state index is -0.398. The van der Waals surface area contributed by atoms with E-state index in [9.17, 15) is 10.1 Å². The Bertz CT molecular complexity index is 699. The highest BCUT2D eigenvalue weighted by Gasteiger charge is 2.22. The highest BCUT2D eigenvalue weighted by atomic mass is 16.6. The van der Waals surface area contributed by atoms with Gasteiger partial charge in [-0.05, 0) is 37.9 Å². The summed E-state index contributed by atoms with van der Waals surface area (Å²) in [5.74, 6) is 0.676. The van der Waals surface area contributed by atoms with Crippen LogP contribution in [0.2, 0.25) is 0 Å². The van der Waals surface area contributed by atoms with E-state index in [1.54, 1.807) is 24.5 Å². The van der Waals surface area contributed by atoms with Crippen molar-refractivity contribution in [2.75, 3.05) is 6.54 Å². The van der Waals surface area contributed by atoms with Crippen LogP contribution in [0.25, 0.3) is 11.1 Å². The van der Waals surface area contributed by atoms with Crippen LogP contribution in [0, 0.1) is 10.1 Å². The van der Waals surface area contributed by atoms with Gasteiger partial charge in [-0.25, -0.2) is 0 Å². The highest BCUT2D eigenvalue weighted by Crippen LogP contribution is 2.26. The van der Waals surface area contributed by atoms with E-state index < -0.39 is 4.92 Å². The third-order valence-corrected chi connectivity index (χ3v) is 4.09. The Morgan fingerprint density at radius 1 is 1.35 bits per heavy atom. The molecule has 1 saturated heterocycles. The van der Waals surface area contributed by atoms with Crippen molar-refractivity contribution in [1.29, 1.82) is 0 Å². The van der Waals surface area contributed by atoms with Gasteiger partial charge < -0.3 is 10.1 Å². The Hall–Kier alpha value is -2.47. The molecule has 1 N–H and O–H groups in total. The molecule has 120 valence electrons. The second kappa shape index (κ2) is 6.75. The predicted molar refractivity (Wildman–Crippen MR) is 87.4 cm³/mol. The normalized spacial score (nSPS) is 18.6. The summed E-state index contributed by atoms with van der Waals surface area (Å²) >= 11 is 0. The minimum Gasteiger partial charge on any atom is -0.487 e. The maximum atomic E-state index is 10.9. The van der Waals surface area contributed by atoms with Crippen molar-refractivity contribution in [2.24, 2.45) is 0 Å². The Kier molecular flexibility index (Phi) is 4.52. The van der Waals surface area contributed by atoms with Crippen LogP contribution < -0.4 is 10.1 Å². The zero-order valence-corrected chi connectivity index (χ0v) is 12.9. The molecule has 0 radical (unpaired) electrons. The van der Waals surface area contributed by atoms with Gasteiger partial charge in [-0.3, -0.25) is 15.1 Å². The SMILES string of the molecule is CC(Oc1cncc(-c2cccc([N+](=O)[O-])c2)c1)[C@@H]1CCCN1. The van der Waals surface area contributed by atoms with Gasteiger partial charge in [0.15, 0.2) is 0 Å². The van der Waals surface area contributed by atoms with Gasteiger partial charge in [0, 0.05) is 29.9 Å². The largest absolute Gasteiger partial charge is 0.487 e. The first-order chi connectivity index (χ1) is 11.1. The molecule has 1 aliphatic rings. The van der Waals surface area contributed by atoms with Gasteiger partial charge in [0.25, 0.3) is 5.69 Å². The number of pyridine rings is 1. The summed E-state index contributed by atoms with van der Waals surface area (Å²) in [6, 6.07) is 8.75. The van der Waals surface area contributed by atoms with E-state index in [1.807, 2.05) is 19.1 Å². The molecule has 1 unspecified atom stereocenters. The molecule has 23 heavy (non-hydrogen) atoms. The molecule has 0 saturated carbocycles. The second-order valence-electron chi connectivity index (χ2n) is 5.74. The second-order valence-corrected chi connectivity index (χ2v) is 5.74. The molecule has 0 spiro atoms. The summed E-state index contributed by atoms with van der Waals surface area (Å²) < 4.78 is 5.98.